The SMILES string of the molecule is CCCCCCOc1ccc(-c2ncc(C(=O)N3CCC(C(=O)NCCCOCCCC)CC3)o2)cc1. The number of oxazole rings is 1. The van der Waals surface area contributed by atoms with Crippen LogP contribution in [0.2, 0.25) is 0 Å². The summed E-state index contributed by atoms with van der Waals surface area (Å²) in [6.45, 7) is 8.17. The van der Waals surface area contributed by atoms with E-state index in [-0.39, 0.29) is 23.5 Å². The number of ether oxygens (including phenoxy) is 2. The summed E-state index contributed by atoms with van der Waals surface area (Å²) >= 11 is 0. The molecule has 1 fully saturated rings. The van der Waals surface area contributed by atoms with E-state index in [1.807, 2.05) is 24.3 Å². The molecule has 0 aliphatic carbocycles. The molecule has 0 atom stereocenters. The molecule has 0 spiro atoms. The molecule has 2 heterocycles. The summed E-state index contributed by atoms with van der Waals surface area (Å²) < 4.78 is 17.1. The highest BCUT2D eigenvalue weighted by atomic mass is 16.5. The van der Waals surface area contributed by atoms with E-state index in [4.69, 9.17) is 13.9 Å². The van der Waals surface area contributed by atoms with Gasteiger partial charge in [0.1, 0.15) is 5.75 Å². The predicted octanol–water partition coefficient (Wildman–Crippen LogP) is 5.48. The van der Waals surface area contributed by atoms with Crippen LogP contribution in [0.4, 0.5) is 0 Å². The second kappa shape index (κ2) is 16.1. The van der Waals surface area contributed by atoms with Crippen LogP contribution in [0.15, 0.2) is 34.9 Å². The number of piperidine rings is 1. The van der Waals surface area contributed by atoms with E-state index in [1.165, 1.54) is 25.5 Å². The Hall–Kier alpha value is -2.87. The van der Waals surface area contributed by atoms with Gasteiger partial charge in [0.15, 0.2) is 0 Å². The Balaban J connectivity index is 1.39. The molecule has 1 aliphatic rings. The van der Waals surface area contributed by atoms with E-state index in [0.29, 0.717) is 51.6 Å². The van der Waals surface area contributed by atoms with Crippen LogP contribution in [0, 0.1) is 5.92 Å². The van der Waals surface area contributed by atoms with Crippen molar-refractivity contribution in [2.45, 2.75) is 71.6 Å². The molecular formula is C29H43N3O5. The number of unbranched alkanes of at least 4 members (excludes halogenated alkanes) is 4. The van der Waals surface area contributed by atoms with Crippen molar-refractivity contribution in [3.05, 3.63) is 36.2 Å². The largest absolute Gasteiger partial charge is 0.494 e. The summed E-state index contributed by atoms with van der Waals surface area (Å²) in [5.74, 6) is 1.26. The summed E-state index contributed by atoms with van der Waals surface area (Å²) in [6, 6.07) is 7.58. The Bertz CT molecular complexity index is 935. The highest BCUT2D eigenvalue weighted by Crippen LogP contribution is 2.24. The minimum atomic E-state index is -0.186. The van der Waals surface area contributed by atoms with Crippen LogP contribution in [-0.4, -0.2) is 61.2 Å². The van der Waals surface area contributed by atoms with Gasteiger partial charge in [-0.15, -0.1) is 0 Å². The van der Waals surface area contributed by atoms with Gasteiger partial charge in [0.25, 0.3) is 5.91 Å². The van der Waals surface area contributed by atoms with Gasteiger partial charge in [-0.1, -0.05) is 39.5 Å². The second-order valence-electron chi connectivity index (χ2n) is 9.64. The zero-order chi connectivity index (χ0) is 26.3. The van der Waals surface area contributed by atoms with Crippen molar-refractivity contribution in [3.63, 3.8) is 0 Å². The first-order chi connectivity index (χ1) is 18.1. The van der Waals surface area contributed by atoms with Gasteiger partial charge in [-0.3, -0.25) is 9.59 Å². The number of aromatic nitrogens is 1. The number of rotatable bonds is 16. The molecule has 2 aromatic rings. The summed E-state index contributed by atoms with van der Waals surface area (Å²) in [6.07, 6.45) is 10.5. The Labute approximate surface area is 221 Å². The fourth-order valence-corrected chi connectivity index (χ4v) is 4.30. The highest BCUT2D eigenvalue weighted by Gasteiger charge is 2.29. The van der Waals surface area contributed by atoms with Gasteiger partial charge in [0, 0.05) is 44.3 Å². The van der Waals surface area contributed by atoms with Crippen LogP contribution in [-0.2, 0) is 9.53 Å². The first kappa shape index (κ1) is 28.7. The molecule has 0 saturated carbocycles. The zero-order valence-electron chi connectivity index (χ0n) is 22.5. The molecule has 1 aromatic heterocycles. The number of likely N-dealkylation sites (tertiary alicyclic amines) is 1. The molecule has 37 heavy (non-hydrogen) atoms. The first-order valence-electron chi connectivity index (χ1n) is 14.0. The van der Waals surface area contributed by atoms with E-state index in [2.05, 4.69) is 24.1 Å². The Morgan fingerprint density at radius 1 is 0.973 bits per heavy atom. The Morgan fingerprint density at radius 2 is 1.70 bits per heavy atom. The van der Waals surface area contributed by atoms with Crippen molar-refractivity contribution in [1.82, 2.24) is 15.2 Å². The van der Waals surface area contributed by atoms with Gasteiger partial charge < -0.3 is 24.1 Å². The average Bonchev–Trinajstić information content (AvgIpc) is 3.43. The molecule has 1 aromatic carbocycles. The summed E-state index contributed by atoms with van der Waals surface area (Å²) in [5, 5.41) is 3.00. The van der Waals surface area contributed by atoms with Crippen LogP contribution in [0.1, 0.15) is 82.2 Å². The smallest absolute Gasteiger partial charge is 0.291 e. The lowest BCUT2D eigenvalue weighted by Crippen LogP contribution is -2.43. The van der Waals surface area contributed by atoms with E-state index in [1.54, 1.807) is 4.90 Å². The number of hydrogen-bond donors (Lipinski definition) is 1. The van der Waals surface area contributed by atoms with Crippen molar-refractivity contribution in [2.75, 3.05) is 39.5 Å². The molecule has 2 amide bonds. The van der Waals surface area contributed by atoms with Crippen LogP contribution in [0.3, 0.4) is 0 Å². The molecule has 204 valence electrons. The topological polar surface area (TPSA) is 93.9 Å². The fourth-order valence-electron chi connectivity index (χ4n) is 4.30. The number of carbonyl (C=O) groups is 2. The molecule has 0 bridgehead atoms. The van der Waals surface area contributed by atoms with Gasteiger partial charge in [-0.05, 0) is 56.4 Å². The van der Waals surface area contributed by atoms with Crippen LogP contribution < -0.4 is 10.1 Å². The summed E-state index contributed by atoms with van der Waals surface area (Å²) in [5.41, 5.74) is 0.795. The van der Waals surface area contributed by atoms with E-state index in [9.17, 15) is 9.59 Å². The molecule has 8 heteroatoms. The monoisotopic (exact) mass is 513 g/mol. The maximum absolute atomic E-state index is 12.9. The number of nitrogens with one attached hydrogen (secondary N) is 1. The van der Waals surface area contributed by atoms with Gasteiger partial charge in [-0.2, -0.15) is 0 Å². The summed E-state index contributed by atoms with van der Waals surface area (Å²) in [7, 11) is 0. The zero-order valence-corrected chi connectivity index (χ0v) is 22.5. The average molecular weight is 514 g/mol. The molecule has 1 saturated heterocycles. The highest BCUT2D eigenvalue weighted by molar-refractivity contribution is 5.91. The number of nitrogens with zero attached hydrogens (tertiary/aromatic N) is 2. The van der Waals surface area contributed by atoms with Crippen molar-refractivity contribution in [3.8, 4) is 17.2 Å². The minimum absolute atomic E-state index is 0.0657. The first-order valence-corrected chi connectivity index (χ1v) is 14.0. The lowest BCUT2D eigenvalue weighted by Gasteiger charge is -2.30. The van der Waals surface area contributed by atoms with Crippen LogP contribution >= 0.6 is 0 Å². The van der Waals surface area contributed by atoms with E-state index >= 15 is 0 Å². The molecular weight excluding hydrogens is 470 g/mol. The minimum Gasteiger partial charge on any atom is -0.494 e. The third-order valence-electron chi connectivity index (χ3n) is 6.64. The molecule has 1 aliphatic heterocycles. The number of benzene rings is 1. The Kier molecular flexibility index (Phi) is 12.5. The second-order valence-corrected chi connectivity index (χ2v) is 9.64. The van der Waals surface area contributed by atoms with E-state index in [0.717, 1.165) is 43.6 Å². The van der Waals surface area contributed by atoms with Crippen molar-refractivity contribution >= 4 is 11.8 Å². The lowest BCUT2D eigenvalue weighted by atomic mass is 9.95. The van der Waals surface area contributed by atoms with Crippen molar-refractivity contribution < 1.29 is 23.5 Å². The fraction of sp³-hybridized carbons (Fsp3) is 0.621. The molecule has 3 rings (SSSR count). The van der Waals surface area contributed by atoms with Gasteiger partial charge in [0.2, 0.25) is 17.6 Å². The van der Waals surface area contributed by atoms with E-state index < -0.39 is 0 Å². The van der Waals surface area contributed by atoms with Gasteiger partial charge in [0.05, 0.1) is 12.8 Å². The third kappa shape index (κ3) is 9.50. The standard InChI is InChI=1S/C29H43N3O5/c1-3-5-7-8-21-36-25-12-10-24(11-13-25)28-31-22-26(37-28)29(34)32-17-14-23(15-18-32)27(33)30-16-9-20-35-19-6-4-2/h10-13,22-23H,3-9,14-21H2,1-2H3,(H,30,33). The lowest BCUT2D eigenvalue weighted by molar-refractivity contribution is -0.126. The maximum Gasteiger partial charge on any atom is 0.291 e. The summed E-state index contributed by atoms with van der Waals surface area (Å²) in [4.78, 5) is 31.5. The normalized spacial score (nSPS) is 14.1. The molecule has 0 radical (unpaired) electrons. The predicted molar refractivity (Wildman–Crippen MR) is 144 cm³/mol. The van der Waals surface area contributed by atoms with Gasteiger partial charge >= 0.3 is 0 Å². The van der Waals surface area contributed by atoms with Crippen molar-refractivity contribution in [2.24, 2.45) is 5.92 Å². The van der Waals surface area contributed by atoms with Crippen molar-refractivity contribution in [1.29, 1.82) is 0 Å². The number of hydrogen-bond acceptors (Lipinski definition) is 6. The quantitative estimate of drug-likeness (QED) is 0.299. The van der Waals surface area contributed by atoms with Gasteiger partial charge in [-0.25, -0.2) is 4.98 Å². The molecule has 8 nitrogen and oxygen atoms in total. The third-order valence-corrected chi connectivity index (χ3v) is 6.64. The maximum atomic E-state index is 12.9. The van der Waals surface area contributed by atoms with Crippen LogP contribution in [0.25, 0.3) is 11.5 Å². The number of carbonyl (C=O) groups excluding carboxylic acids is 2. The Morgan fingerprint density at radius 3 is 2.43 bits per heavy atom. The molecule has 1 N–H and O–H groups in total. The molecule has 0 unspecified atom stereocenters. The number of amides is 2. The van der Waals surface area contributed by atoms with Crippen LogP contribution in [0.5, 0.6) is 5.75 Å².